The summed E-state index contributed by atoms with van der Waals surface area (Å²) in [5, 5.41) is 0. The van der Waals surface area contributed by atoms with Crippen LogP contribution in [0.2, 0.25) is 0 Å². The van der Waals surface area contributed by atoms with Crippen LogP contribution in [0.5, 0.6) is 0 Å². The van der Waals surface area contributed by atoms with Gasteiger partial charge < -0.3 is 10.5 Å². The number of carbonyl (C=O) groups is 1. The predicted molar refractivity (Wildman–Crippen MR) is 45.4 cm³/mol. The molecule has 64 valence electrons. The first kappa shape index (κ1) is 8.87. The van der Waals surface area contributed by atoms with E-state index >= 15 is 0 Å². The van der Waals surface area contributed by atoms with E-state index in [-0.39, 0.29) is 5.97 Å². The number of hydrogen-bond acceptors (Lipinski definition) is 4. The second-order valence-corrected chi connectivity index (χ2v) is 3.84. The van der Waals surface area contributed by atoms with E-state index in [0.717, 1.165) is 17.9 Å². The van der Waals surface area contributed by atoms with Gasteiger partial charge in [-0.25, -0.2) is 0 Å². The van der Waals surface area contributed by atoms with E-state index in [1.54, 1.807) is 0 Å². The zero-order chi connectivity index (χ0) is 8.27. The van der Waals surface area contributed by atoms with Crippen LogP contribution in [0.25, 0.3) is 0 Å². The molecule has 0 saturated carbocycles. The fraction of sp³-hybridized carbons (Fsp3) is 0.857. The lowest BCUT2D eigenvalue weighted by atomic mass is 10.0. The normalized spacial score (nSPS) is 20.5. The van der Waals surface area contributed by atoms with Gasteiger partial charge in [-0.3, -0.25) is 4.79 Å². The molecule has 1 saturated heterocycles. The van der Waals surface area contributed by atoms with Crippen molar-refractivity contribution in [2.75, 3.05) is 18.6 Å². The average molecular weight is 175 g/mol. The topological polar surface area (TPSA) is 52.3 Å². The van der Waals surface area contributed by atoms with E-state index in [1.807, 2.05) is 11.8 Å². The molecule has 0 aliphatic carbocycles. The van der Waals surface area contributed by atoms with Crippen molar-refractivity contribution >= 4 is 17.7 Å². The zero-order valence-electron chi connectivity index (χ0n) is 6.58. The molecule has 2 N–H and O–H groups in total. The Bertz CT molecular complexity index is 147. The second kappa shape index (κ2) is 3.97. The molecule has 0 aromatic rings. The maximum absolute atomic E-state index is 10.8. The Morgan fingerprint density at radius 3 is 2.82 bits per heavy atom. The lowest BCUT2D eigenvalue weighted by Crippen LogP contribution is -2.36. The van der Waals surface area contributed by atoms with Crippen molar-refractivity contribution < 1.29 is 9.53 Å². The highest BCUT2D eigenvalue weighted by atomic mass is 32.2. The van der Waals surface area contributed by atoms with Gasteiger partial charge in [0.25, 0.3) is 0 Å². The number of hydrogen-bond donors (Lipinski definition) is 1. The molecule has 0 aromatic heterocycles. The summed E-state index contributed by atoms with van der Waals surface area (Å²) in [6.07, 6.45) is 0.777. The number of esters is 1. The van der Waals surface area contributed by atoms with E-state index in [4.69, 9.17) is 5.73 Å². The minimum absolute atomic E-state index is 0.290. The summed E-state index contributed by atoms with van der Waals surface area (Å²) in [5.74, 6) is 2.63. The van der Waals surface area contributed by atoms with Gasteiger partial charge in [0, 0.05) is 0 Å². The standard InChI is InChI=1S/C7H13NO2S/c1-10-7(9)6(8)2-5-3-11-4-5/h5-6H,2-4,8H2,1H3. The van der Waals surface area contributed by atoms with Gasteiger partial charge in [0.2, 0.25) is 0 Å². The Hall–Kier alpha value is -0.220. The highest BCUT2D eigenvalue weighted by molar-refractivity contribution is 8.00. The van der Waals surface area contributed by atoms with Crippen LogP contribution in [0, 0.1) is 5.92 Å². The minimum Gasteiger partial charge on any atom is -0.468 e. The Balaban J connectivity index is 2.18. The molecule has 0 amide bonds. The number of carbonyl (C=O) groups excluding carboxylic acids is 1. The van der Waals surface area contributed by atoms with E-state index in [9.17, 15) is 4.79 Å². The Morgan fingerprint density at radius 1 is 1.82 bits per heavy atom. The number of methoxy groups -OCH3 is 1. The molecular weight excluding hydrogens is 162 g/mol. The van der Waals surface area contributed by atoms with Gasteiger partial charge in [-0.2, -0.15) is 11.8 Å². The maximum Gasteiger partial charge on any atom is 0.322 e. The van der Waals surface area contributed by atoms with Crippen LogP contribution in [0.1, 0.15) is 6.42 Å². The van der Waals surface area contributed by atoms with Crippen molar-refractivity contribution in [1.82, 2.24) is 0 Å². The molecular formula is C7H13NO2S. The Morgan fingerprint density at radius 2 is 2.45 bits per heavy atom. The molecule has 1 aliphatic rings. The molecule has 1 rings (SSSR count). The summed E-state index contributed by atoms with van der Waals surface area (Å²) >= 11 is 1.90. The lowest BCUT2D eigenvalue weighted by Gasteiger charge is -2.26. The van der Waals surface area contributed by atoms with Crippen LogP contribution >= 0.6 is 11.8 Å². The van der Waals surface area contributed by atoms with Gasteiger partial charge in [-0.05, 0) is 23.8 Å². The summed E-state index contributed by atoms with van der Waals surface area (Å²) in [6.45, 7) is 0. The van der Waals surface area contributed by atoms with Crippen molar-refractivity contribution in [3.05, 3.63) is 0 Å². The van der Waals surface area contributed by atoms with Crippen molar-refractivity contribution in [2.24, 2.45) is 11.7 Å². The van der Waals surface area contributed by atoms with Crippen molar-refractivity contribution in [3.8, 4) is 0 Å². The number of nitrogens with two attached hydrogens (primary N) is 1. The fourth-order valence-electron chi connectivity index (χ4n) is 1.03. The van der Waals surface area contributed by atoms with E-state index in [2.05, 4.69) is 4.74 Å². The Kier molecular flexibility index (Phi) is 3.20. The highest BCUT2D eigenvalue weighted by Crippen LogP contribution is 2.28. The first-order valence-electron chi connectivity index (χ1n) is 3.65. The predicted octanol–water partition coefficient (Wildman–Crippen LogP) is 0.240. The smallest absolute Gasteiger partial charge is 0.322 e. The molecule has 1 atom stereocenters. The molecule has 11 heavy (non-hydrogen) atoms. The third-order valence-corrected chi connectivity index (χ3v) is 3.21. The Labute approximate surface area is 70.7 Å². The van der Waals surface area contributed by atoms with Gasteiger partial charge in [0.1, 0.15) is 6.04 Å². The number of ether oxygens (including phenoxy) is 1. The quantitative estimate of drug-likeness (QED) is 0.624. The van der Waals surface area contributed by atoms with Crippen LogP contribution in [-0.4, -0.2) is 30.6 Å². The van der Waals surface area contributed by atoms with Crippen LogP contribution in [0.15, 0.2) is 0 Å². The van der Waals surface area contributed by atoms with Gasteiger partial charge in [-0.15, -0.1) is 0 Å². The van der Waals surface area contributed by atoms with E-state index in [1.165, 1.54) is 7.11 Å². The number of rotatable bonds is 3. The average Bonchev–Trinajstić information content (AvgIpc) is 1.94. The third-order valence-electron chi connectivity index (χ3n) is 1.80. The summed E-state index contributed by atoms with van der Waals surface area (Å²) in [5.41, 5.74) is 5.55. The molecule has 3 nitrogen and oxygen atoms in total. The molecule has 0 radical (unpaired) electrons. The highest BCUT2D eigenvalue weighted by Gasteiger charge is 2.24. The van der Waals surface area contributed by atoms with Crippen LogP contribution in [-0.2, 0) is 9.53 Å². The SMILES string of the molecule is COC(=O)C(N)CC1CSC1. The van der Waals surface area contributed by atoms with E-state index in [0.29, 0.717) is 5.92 Å². The lowest BCUT2D eigenvalue weighted by molar-refractivity contribution is -0.142. The van der Waals surface area contributed by atoms with Crippen LogP contribution in [0.3, 0.4) is 0 Å². The van der Waals surface area contributed by atoms with E-state index < -0.39 is 6.04 Å². The number of thioether (sulfide) groups is 1. The summed E-state index contributed by atoms with van der Waals surface area (Å²) in [7, 11) is 1.37. The largest absolute Gasteiger partial charge is 0.468 e. The monoisotopic (exact) mass is 175 g/mol. The van der Waals surface area contributed by atoms with Gasteiger partial charge in [0.15, 0.2) is 0 Å². The molecule has 0 spiro atoms. The zero-order valence-corrected chi connectivity index (χ0v) is 7.39. The third kappa shape index (κ3) is 2.38. The van der Waals surface area contributed by atoms with Gasteiger partial charge in [0.05, 0.1) is 7.11 Å². The second-order valence-electron chi connectivity index (χ2n) is 2.77. The molecule has 1 heterocycles. The molecule has 1 fully saturated rings. The van der Waals surface area contributed by atoms with Crippen LogP contribution in [0.4, 0.5) is 0 Å². The molecule has 0 bridgehead atoms. The molecule has 1 aliphatic heterocycles. The minimum atomic E-state index is -0.411. The molecule has 4 heteroatoms. The summed E-state index contributed by atoms with van der Waals surface area (Å²) in [6, 6.07) is -0.411. The van der Waals surface area contributed by atoms with Crippen molar-refractivity contribution in [1.29, 1.82) is 0 Å². The molecule has 1 unspecified atom stereocenters. The first-order valence-corrected chi connectivity index (χ1v) is 4.80. The first-order chi connectivity index (χ1) is 5.24. The summed E-state index contributed by atoms with van der Waals surface area (Å²) < 4.78 is 4.51. The van der Waals surface area contributed by atoms with Gasteiger partial charge >= 0.3 is 5.97 Å². The molecule has 0 aromatic carbocycles. The summed E-state index contributed by atoms with van der Waals surface area (Å²) in [4.78, 5) is 10.8. The van der Waals surface area contributed by atoms with Gasteiger partial charge in [-0.1, -0.05) is 0 Å². The maximum atomic E-state index is 10.8. The fourth-order valence-corrected chi connectivity index (χ4v) is 1.87. The van der Waals surface area contributed by atoms with Crippen molar-refractivity contribution in [3.63, 3.8) is 0 Å². The van der Waals surface area contributed by atoms with Crippen LogP contribution < -0.4 is 5.73 Å². The van der Waals surface area contributed by atoms with Crippen molar-refractivity contribution in [2.45, 2.75) is 12.5 Å².